The van der Waals surface area contributed by atoms with Crippen LogP contribution in [0.3, 0.4) is 0 Å². The minimum Gasteiger partial charge on any atom is -0.267 e. The second-order valence-electron chi connectivity index (χ2n) is 7.30. The Bertz CT molecular complexity index is 711. The summed E-state index contributed by atoms with van der Waals surface area (Å²) in [6, 6.07) is 5.68. The van der Waals surface area contributed by atoms with Crippen LogP contribution in [0.15, 0.2) is 29.4 Å². The van der Waals surface area contributed by atoms with E-state index in [-0.39, 0.29) is 22.1 Å². The first kappa shape index (κ1) is 15.6. The average Bonchev–Trinajstić information content (AvgIpc) is 2.85. The second kappa shape index (κ2) is 5.15. The summed E-state index contributed by atoms with van der Waals surface area (Å²) >= 11 is 0. The third-order valence-corrected chi connectivity index (χ3v) is 6.12. The van der Waals surface area contributed by atoms with E-state index in [1.54, 1.807) is 6.07 Å². The lowest BCUT2D eigenvalue weighted by molar-refractivity contribution is -0.384. The van der Waals surface area contributed by atoms with Crippen molar-refractivity contribution in [3.8, 4) is 0 Å². The summed E-state index contributed by atoms with van der Waals surface area (Å²) in [5, 5.41) is 15.2. The van der Waals surface area contributed by atoms with Gasteiger partial charge < -0.3 is 0 Å². The van der Waals surface area contributed by atoms with Crippen LogP contribution in [0.5, 0.6) is 0 Å². The maximum absolute atomic E-state index is 12.2. The van der Waals surface area contributed by atoms with Crippen LogP contribution in [0, 0.1) is 26.9 Å². The molecular weight excluding hydrogens is 294 g/mol. The molecule has 0 saturated heterocycles. The van der Waals surface area contributed by atoms with E-state index in [0.717, 1.165) is 18.6 Å². The number of fused-ring (bicyclic) bond motifs is 2. The molecule has 2 fully saturated rings. The number of nitro benzene ring substituents is 1. The molecule has 2 bridgehead atoms. The minimum absolute atomic E-state index is 0.0215. The number of non-ortho nitro benzene ring substituents is 1. The fraction of sp³-hybridized carbons (Fsp3) is 0.529. The molecule has 0 heterocycles. The number of benzene rings is 1. The molecule has 1 aromatic carbocycles. The summed E-state index contributed by atoms with van der Waals surface area (Å²) in [5.74, 6) is 0.200. The van der Waals surface area contributed by atoms with Crippen molar-refractivity contribution in [2.45, 2.75) is 40.0 Å². The predicted molar refractivity (Wildman–Crippen MR) is 87.2 cm³/mol. The van der Waals surface area contributed by atoms with Crippen LogP contribution in [0.25, 0.3) is 0 Å². The van der Waals surface area contributed by atoms with Crippen molar-refractivity contribution in [2.75, 3.05) is 0 Å². The Balaban J connectivity index is 1.78. The van der Waals surface area contributed by atoms with Crippen molar-refractivity contribution >= 4 is 17.3 Å². The molecule has 0 unspecified atom stereocenters. The number of hydrazone groups is 1. The number of nitro groups is 1. The second-order valence-corrected chi connectivity index (χ2v) is 7.30. The first-order valence-electron chi connectivity index (χ1n) is 7.87. The first-order valence-corrected chi connectivity index (χ1v) is 7.87. The van der Waals surface area contributed by atoms with Crippen LogP contribution in [0.2, 0.25) is 0 Å². The first-order chi connectivity index (χ1) is 10.8. The lowest BCUT2D eigenvalue weighted by atomic mass is 9.70. The molecule has 2 atom stereocenters. The summed E-state index contributed by atoms with van der Waals surface area (Å²) in [4.78, 5) is 22.5. The number of rotatable bonds is 3. The largest absolute Gasteiger partial charge is 0.271 e. The maximum Gasteiger partial charge on any atom is 0.271 e. The van der Waals surface area contributed by atoms with Gasteiger partial charge in [-0.25, -0.2) is 5.43 Å². The number of carbonyl (C=O) groups is 1. The average molecular weight is 315 g/mol. The number of hydrogen-bond donors (Lipinski definition) is 1. The number of nitrogens with one attached hydrogen (secondary N) is 1. The molecule has 2 aliphatic carbocycles. The van der Waals surface area contributed by atoms with Gasteiger partial charge in [-0.15, -0.1) is 0 Å². The van der Waals surface area contributed by atoms with Crippen molar-refractivity contribution in [3.63, 3.8) is 0 Å². The van der Waals surface area contributed by atoms with E-state index >= 15 is 0 Å². The zero-order chi connectivity index (χ0) is 16.8. The third kappa shape index (κ3) is 2.33. The van der Waals surface area contributed by atoms with Gasteiger partial charge in [0.15, 0.2) is 0 Å². The van der Waals surface area contributed by atoms with Gasteiger partial charge in [0.05, 0.1) is 4.92 Å². The highest BCUT2D eigenvalue weighted by molar-refractivity contribution is 5.98. The molecular formula is C17H21N3O3. The summed E-state index contributed by atoms with van der Waals surface area (Å²) < 4.78 is 0. The predicted octanol–water partition coefficient (Wildman–Crippen LogP) is 3.53. The van der Waals surface area contributed by atoms with Gasteiger partial charge in [-0.1, -0.05) is 26.8 Å². The van der Waals surface area contributed by atoms with Gasteiger partial charge in [0.25, 0.3) is 11.6 Å². The SMILES string of the molecule is CC1(C)[C@@H]2CC[C@@]1(C)/C(=N/NC(=O)c1cccc([N+](=O)[O-])c1)C2. The number of amides is 1. The van der Waals surface area contributed by atoms with Gasteiger partial charge in [-0.2, -0.15) is 5.10 Å². The molecule has 0 radical (unpaired) electrons. The maximum atomic E-state index is 12.2. The van der Waals surface area contributed by atoms with E-state index in [0.29, 0.717) is 5.92 Å². The van der Waals surface area contributed by atoms with Crippen molar-refractivity contribution in [3.05, 3.63) is 39.9 Å². The summed E-state index contributed by atoms with van der Waals surface area (Å²) in [5.41, 5.74) is 3.99. The zero-order valence-electron chi connectivity index (χ0n) is 13.6. The van der Waals surface area contributed by atoms with Gasteiger partial charge >= 0.3 is 0 Å². The van der Waals surface area contributed by atoms with Gasteiger partial charge in [0.2, 0.25) is 0 Å². The van der Waals surface area contributed by atoms with Gasteiger partial charge in [0, 0.05) is 28.8 Å². The Hall–Kier alpha value is -2.24. The standard InChI is InChI=1S/C17H21N3O3/c1-16(2)12-7-8-17(16,3)14(10-12)18-19-15(21)11-5-4-6-13(9-11)20(22)23/h4-6,9,12H,7-8,10H2,1-3H3,(H,19,21)/b18-14+/t12-,17+/m1/s1. The summed E-state index contributed by atoms with van der Waals surface area (Å²) in [7, 11) is 0. The van der Waals surface area contributed by atoms with Crippen molar-refractivity contribution in [2.24, 2.45) is 21.8 Å². The fourth-order valence-electron chi connectivity index (χ4n) is 4.04. The molecule has 23 heavy (non-hydrogen) atoms. The highest BCUT2D eigenvalue weighted by atomic mass is 16.6. The van der Waals surface area contributed by atoms with Crippen LogP contribution in [0.4, 0.5) is 5.69 Å². The lowest BCUT2D eigenvalue weighted by Crippen LogP contribution is -2.34. The van der Waals surface area contributed by atoms with Gasteiger partial charge in [-0.3, -0.25) is 14.9 Å². The van der Waals surface area contributed by atoms with E-state index in [1.165, 1.54) is 24.6 Å². The Morgan fingerprint density at radius 2 is 2.13 bits per heavy atom. The van der Waals surface area contributed by atoms with E-state index in [4.69, 9.17) is 0 Å². The van der Waals surface area contributed by atoms with E-state index in [2.05, 4.69) is 31.3 Å². The Kier molecular flexibility index (Phi) is 3.50. The van der Waals surface area contributed by atoms with Crippen LogP contribution >= 0.6 is 0 Å². The molecule has 1 aromatic rings. The van der Waals surface area contributed by atoms with E-state index in [9.17, 15) is 14.9 Å². The Morgan fingerprint density at radius 3 is 2.70 bits per heavy atom. The molecule has 122 valence electrons. The third-order valence-electron chi connectivity index (χ3n) is 6.12. The smallest absolute Gasteiger partial charge is 0.267 e. The number of hydrogen-bond acceptors (Lipinski definition) is 4. The Morgan fingerprint density at radius 1 is 1.39 bits per heavy atom. The molecule has 2 aliphatic rings. The van der Waals surface area contributed by atoms with Crippen molar-refractivity contribution in [1.29, 1.82) is 0 Å². The van der Waals surface area contributed by atoms with Crippen molar-refractivity contribution in [1.82, 2.24) is 5.43 Å². The van der Waals surface area contributed by atoms with E-state index < -0.39 is 10.8 Å². The van der Waals surface area contributed by atoms with Crippen LogP contribution in [-0.2, 0) is 0 Å². The highest BCUT2D eigenvalue weighted by Crippen LogP contribution is 2.63. The molecule has 0 aliphatic heterocycles. The quantitative estimate of drug-likeness (QED) is 0.684. The lowest BCUT2D eigenvalue weighted by Gasteiger charge is -2.34. The molecule has 3 rings (SSSR count). The van der Waals surface area contributed by atoms with Crippen LogP contribution in [0.1, 0.15) is 50.4 Å². The molecule has 1 N–H and O–H groups in total. The van der Waals surface area contributed by atoms with E-state index in [1.807, 2.05) is 0 Å². The molecule has 6 heteroatoms. The summed E-state index contributed by atoms with van der Waals surface area (Å²) in [6.45, 7) is 6.77. The molecule has 0 spiro atoms. The topological polar surface area (TPSA) is 84.6 Å². The Labute approximate surface area is 135 Å². The molecule has 1 amide bonds. The van der Waals surface area contributed by atoms with Crippen molar-refractivity contribution < 1.29 is 9.72 Å². The fourth-order valence-corrected chi connectivity index (χ4v) is 4.04. The normalized spacial score (nSPS) is 29.7. The number of carbonyl (C=O) groups excluding carboxylic acids is 1. The number of nitrogens with zero attached hydrogens (tertiary/aromatic N) is 2. The van der Waals surface area contributed by atoms with Crippen LogP contribution < -0.4 is 5.43 Å². The molecule has 2 saturated carbocycles. The van der Waals surface area contributed by atoms with Gasteiger partial charge in [0.1, 0.15) is 0 Å². The van der Waals surface area contributed by atoms with Gasteiger partial charge in [-0.05, 0) is 36.7 Å². The zero-order valence-corrected chi connectivity index (χ0v) is 13.6. The summed E-state index contributed by atoms with van der Waals surface area (Å²) in [6.07, 6.45) is 3.22. The highest BCUT2D eigenvalue weighted by Gasteiger charge is 2.60. The molecule has 0 aromatic heterocycles. The molecule has 6 nitrogen and oxygen atoms in total. The van der Waals surface area contributed by atoms with Crippen LogP contribution in [-0.4, -0.2) is 16.5 Å². The minimum atomic E-state index is -0.512. The monoisotopic (exact) mass is 315 g/mol.